The molecule has 0 saturated carbocycles. The van der Waals surface area contributed by atoms with Gasteiger partial charge in [0.1, 0.15) is 5.70 Å². The summed E-state index contributed by atoms with van der Waals surface area (Å²) in [5, 5.41) is 0.874. The third kappa shape index (κ3) is 3.43. The van der Waals surface area contributed by atoms with Crippen LogP contribution in [0.25, 0.3) is 10.9 Å². The summed E-state index contributed by atoms with van der Waals surface area (Å²) >= 11 is 0. The maximum Gasteiger partial charge on any atom is 0.355 e. The number of nitrogens with zero attached hydrogens (tertiary/aromatic N) is 3. The molecule has 4 rings (SSSR count). The van der Waals surface area contributed by atoms with Crippen LogP contribution in [0, 0.1) is 0 Å². The van der Waals surface area contributed by atoms with Crippen LogP contribution in [0.1, 0.15) is 12.8 Å². The Balaban J connectivity index is 1.93. The summed E-state index contributed by atoms with van der Waals surface area (Å²) in [5.41, 5.74) is 2.86. The molecule has 0 bridgehead atoms. The number of pyridine rings is 1. The van der Waals surface area contributed by atoms with E-state index in [1.807, 2.05) is 24.3 Å². The number of benzene rings is 1. The number of anilines is 2. The number of ether oxygens (including phenoxy) is 2. The van der Waals surface area contributed by atoms with Crippen molar-refractivity contribution in [2.45, 2.75) is 12.8 Å². The number of carbonyl (C=O) groups excluding carboxylic acids is 2. The van der Waals surface area contributed by atoms with Gasteiger partial charge in [-0.3, -0.25) is 4.98 Å². The summed E-state index contributed by atoms with van der Waals surface area (Å²) < 4.78 is 9.90. The van der Waals surface area contributed by atoms with Gasteiger partial charge in [-0.1, -0.05) is 6.08 Å². The zero-order valence-corrected chi connectivity index (χ0v) is 17.0. The number of methoxy groups -OCH3 is 2. The summed E-state index contributed by atoms with van der Waals surface area (Å²) in [4.78, 5) is 33.8. The Morgan fingerprint density at radius 2 is 1.70 bits per heavy atom. The predicted molar refractivity (Wildman–Crippen MR) is 115 cm³/mol. The number of aromatic nitrogens is 1. The minimum atomic E-state index is -0.632. The van der Waals surface area contributed by atoms with Crippen LogP contribution in [0.15, 0.2) is 66.2 Å². The van der Waals surface area contributed by atoms with E-state index in [0.717, 1.165) is 48.2 Å². The number of rotatable bonds is 4. The summed E-state index contributed by atoms with van der Waals surface area (Å²) in [6.07, 6.45) is 10.8. The van der Waals surface area contributed by atoms with Crippen LogP contribution in [0.5, 0.6) is 0 Å². The Morgan fingerprint density at radius 3 is 2.43 bits per heavy atom. The molecule has 3 heterocycles. The highest BCUT2D eigenvalue weighted by molar-refractivity contribution is 6.08. The number of esters is 2. The smallest absolute Gasteiger partial charge is 0.355 e. The van der Waals surface area contributed by atoms with E-state index in [1.165, 1.54) is 14.2 Å². The molecule has 0 amide bonds. The maximum absolute atomic E-state index is 12.7. The van der Waals surface area contributed by atoms with Gasteiger partial charge in [-0.25, -0.2) is 9.59 Å². The van der Waals surface area contributed by atoms with Crippen LogP contribution >= 0.6 is 0 Å². The molecule has 0 unspecified atom stereocenters. The first kappa shape index (κ1) is 19.7. The van der Waals surface area contributed by atoms with Crippen molar-refractivity contribution in [1.29, 1.82) is 0 Å². The molecule has 7 nitrogen and oxygen atoms in total. The molecule has 0 N–H and O–H groups in total. The van der Waals surface area contributed by atoms with Gasteiger partial charge in [0, 0.05) is 30.9 Å². The fourth-order valence-corrected chi connectivity index (χ4v) is 3.92. The molecule has 0 atom stereocenters. The summed E-state index contributed by atoms with van der Waals surface area (Å²) in [6.45, 7) is 2.00. The first-order valence-electron chi connectivity index (χ1n) is 9.83. The Labute approximate surface area is 174 Å². The quantitative estimate of drug-likeness (QED) is 0.723. The van der Waals surface area contributed by atoms with Crippen LogP contribution in [0.3, 0.4) is 0 Å². The van der Waals surface area contributed by atoms with Crippen molar-refractivity contribution in [2.75, 3.05) is 37.1 Å². The predicted octanol–water partition coefficient (Wildman–Crippen LogP) is 3.33. The van der Waals surface area contributed by atoms with E-state index in [-0.39, 0.29) is 11.3 Å². The SMILES string of the molecule is COC(=O)C1=C(C(=O)OC)N(c2ccc(N3CCCC3)c3ncccc23)C=CC=C1. The number of carbonyl (C=O) groups is 2. The fourth-order valence-electron chi connectivity index (χ4n) is 3.92. The number of hydrogen-bond donors (Lipinski definition) is 0. The molecule has 7 heteroatoms. The molecule has 1 aromatic carbocycles. The molecule has 2 aliphatic heterocycles. The van der Waals surface area contributed by atoms with Crippen molar-refractivity contribution >= 4 is 34.2 Å². The van der Waals surface area contributed by atoms with Crippen molar-refractivity contribution in [2.24, 2.45) is 0 Å². The van der Waals surface area contributed by atoms with Crippen LogP contribution in [-0.2, 0) is 19.1 Å². The summed E-state index contributed by atoms with van der Waals surface area (Å²) in [7, 11) is 2.57. The highest BCUT2D eigenvalue weighted by Crippen LogP contribution is 2.37. The van der Waals surface area contributed by atoms with E-state index in [0.29, 0.717) is 0 Å². The van der Waals surface area contributed by atoms with Crippen LogP contribution in [0.4, 0.5) is 11.4 Å². The van der Waals surface area contributed by atoms with Crippen LogP contribution in [-0.4, -0.2) is 44.2 Å². The van der Waals surface area contributed by atoms with E-state index in [9.17, 15) is 9.59 Å². The normalized spacial score (nSPS) is 16.2. The second-order valence-corrected chi connectivity index (χ2v) is 7.01. The molecule has 0 radical (unpaired) electrons. The van der Waals surface area contributed by atoms with Gasteiger partial charge in [0.15, 0.2) is 0 Å². The molecule has 1 aromatic heterocycles. The molecule has 30 heavy (non-hydrogen) atoms. The lowest BCUT2D eigenvalue weighted by Crippen LogP contribution is -2.27. The van der Waals surface area contributed by atoms with Gasteiger partial charge >= 0.3 is 11.9 Å². The van der Waals surface area contributed by atoms with E-state index < -0.39 is 11.9 Å². The second kappa shape index (κ2) is 8.41. The number of hydrogen-bond acceptors (Lipinski definition) is 7. The van der Waals surface area contributed by atoms with E-state index in [2.05, 4.69) is 9.88 Å². The molecular weight excluding hydrogens is 382 g/mol. The second-order valence-electron chi connectivity index (χ2n) is 7.01. The molecule has 1 fully saturated rings. The zero-order valence-electron chi connectivity index (χ0n) is 17.0. The highest BCUT2D eigenvalue weighted by atomic mass is 16.5. The van der Waals surface area contributed by atoms with Gasteiger partial charge in [0.05, 0.1) is 36.7 Å². The fraction of sp³-hybridized carbons (Fsp3) is 0.261. The van der Waals surface area contributed by atoms with E-state index >= 15 is 0 Å². The van der Waals surface area contributed by atoms with Crippen molar-refractivity contribution in [3.63, 3.8) is 0 Å². The standard InChI is InChI=1S/C23H23N3O4/c1-29-22(27)17-8-3-4-15-26(21(17)23(28)30-2)18-10-11-19(25-13-5-6-14-25)20-16(18)9-7-12-24-20/h3-4,7-12,15H,5-6,13-14H2,1-2H3. The lowest BCUT2D eigenvalue weighted by atomic mass is 10.1. The van der Waals surface area contributed by atoms with Crippen molar-refractivity contribution in [3.8, 4) is 0 Å². The minimum absolute atomic E-state index is 0.0911. The van der Waals surface area contributed by atoms with Crippen LogP contribution < -0.4 is 9.80 Å². The maximum atomic E-state index is 12.7. The van der Waals surface area contributed by atoms with Gasteiger partial charge < -0.3 is 19.3 Å². The Bertz CT molecular complexity index is 1080. The third-order valence-electron chi connectivity index (χ3n) is 5.32. The molecule has 0 aliphatic carbocycles. The first-order chi connectivity index (χ1) is 14.7. The van der Waals surface area contributed by atoms with Gasteiger partial charge in [-0.05, 0) is 49.3 Å². The Hall–Kier alpha value is -3.61. The van der Waals surface area contributed by atoms with Crippen molar-refractivity contribution in [3.05, 3.63) is 66.2 Å². The Kier molecular flexibility index (Phi) is 5.52. The van der Waals surface area contributed by atoms with Gasteiger partial charge in [0.25, 0.3) is 0 Å². The molecule has 2 aliphatic rings. The lowest BCUT2D eigenvalue weighted by Gasteiger charge is -2.26. The van der Waals surface area contributed by atoms with Crippen LogP contribution in [0.2, 0.25) is 0 Å². The van der Waals surface area contributed by atoms with E-state index in [4.69, 9.17) is 9.47 Å². The van der Waals surface area contributed by atoms with Crippen molar-refractivity contribution in [1.82, 2.24) is 4.98 Å². The van der Waals surface area contributed by atoms with E-state index in [1.54, 1.807) is 35.5 Å². The lowest BCUT2D eigenvalue weighted by molar-refractivity contribution is -0.139. The zero-order chi connectivity index (χ0) is 21.1. The van der Waals surface area contributed by atoms with Gasteiger partial charge in [-0.2, -0.15) is 0 Å². The Morgan fingerprint density at radius 1 is 0.967 bits per heavy atom. The highest BCUT2D eigenvalue weighted by Gasteiger charge is 2.29. The third-order valence-corrected chi connectivity index (χ3v) is 5.32. The molecular formula is C23H23N3O4. The largest absolute Gasteiger partial charge is 0.465 e. The molecule has 0 spiro atoms. The molecule has 2 aromatic rings. The topological polar surface area (TPSA) is 72.0 Å². The van der Waals surface area contributed by atoms with Gasteiger partial charge in [0.2, 0.25) is 0 Å². The monoisotopic (exact) mass is 405 g/mol. The summed E-state index contributed by atoms with van der Waals surface area (Å²) in [6, 6.07) is 7.80. The average molecular weight is 405 g/mol. The molecule has 1 saturated heterocycles. The average Bonchev–Trinajstić information content (AvgIpc) is 3.23. The minimum Gasteiger partial charge on any atom is -0.465 e. The van der Waals surface area contributed by atoms with Gasteiger partial charge in [-0.15, -0.1) is 0 Å². The van der Waals surface area contributed by atoms with Crippen molar-refractivity contribution < 1.29 is 19.1 Å². The molecule has 154 valence electrons. The number of allylic oxidation sites excluding steroid dienone is 2. The summed E-state index contributed by atoms with van der Waals surface area (Å²) in [5.74, 6) is -1.25. The first-order valence-corrected chi connectivity index (χ1v) is 9.83. The number of fused-ring (bicyclic) bond motifs is 1.